The van der Waals surface area contributed by atoms with E-state index in [9.17, 15) is 24.5 Å². The smallest absolute Gasteiger partial charge is 0.336 e. The lowest BCUT2D eigenvalue weighted by atomic mass is 9.98. The largest absolute Gasteiger partial charge is 0.467 e. The van der Waals surface area contributed by atoms with Crippen LogP contribution in [0.15, 0.2) is 71.3 Å². The van der Waals surface area contributed by atoms with Crippen LogP contribution in [0.3, 0.4) is 0 Å². The molecule has 0 aromatic heterocycles. The lowest BCUT2D eigenvalue weighted by Gasteiger charge is -2.31. The van der Waals surface area contributed by atoms with E-state index in [1.54, 1.807) is 30.3 Å². The lowest BCUT2D eigenvalue weighted by molar-refractivity contribution is -0.384. The highest BCUT2D eigenvalue weighted by Gasteiger charge is 2.39. The highest BCUT2D eigenvalue weighted by Crippen LogP contribution is 2.29. The molecule has 0 amide bonds. The molecule has 10 heteroatoms. The fraction of sp³-hybridized carbons (Fsp3) is 0.143. The van der Waals surface area contributed by atoms with E-state index in [0.29, 0.717) is 5.56 Å². The summed E-state index contributed by atoms with van der Waals surface area (Å²) in [5.74, 6) is -2.17. The predicted octanol–water partition coefficient (Wildman–Crippen LogP) is 2.29. The van der Waals surface area contributed by atoms with Gasteiger partial charge < -0.3 is 9.47 Å². The van der Waals surface area contributed by atoms with Crippen LogP contribution in [0.25, 0.3) is 0 Å². The monoisotopic (exact) mass is 423 g/mol. The summed E-state index contributed by atoms with van der Waals surface area (Å²) in [6.45, 7) is 0. The van der Waals surface area contributed by atoms with Crippen LogP contribution in [0.5, 0.6) is 0 Å². The third kappa shape index (κ3) is 4.32. The quantitative estimate of drug-likeness (QED) is 0.300. The topological polar surface area (TPSA) is 128 Å². The van der Waals surface area contributed by atoms with Crippen LogP contribution in [0.1, 0.15) is 10.4 Å². The molecule has 1 unspecified atom stereocenters. The fourth-order valence-corrected chi connectivity index (χ4v) is 2.97. The van der Waals surface area contributed by atoms with Gasteiger partial charge in [-0.15, -0.1) is 0 Å². The maximum atomic E-state index is 13.0. The molecular formula is C21H17N3O7. The maximum Gasteiger partial charge on any atom is 0.336 e. The Morgan fingerprint density at radius 3 is 2.19 bits per heavy atom. The Labute approximate surface area is 176 Å². The van der Waals surface area contributed by atoms with Crippen molar-refractivity contribution in [3.8, 4) is 0 Å². The number of non-ortho nitro benzene ring substituents is 1. The molecule has 0 N–H and O–H groups in total. The molecule has 2 aromatic carbocycles. The van der Waals surface area contributed by atoms with Gasteiger partial charge in [-0.05, 0) is 18.2 Å². The molecule has 1 atom stereocenters. The lowest BCUT2D eigenvalue weighted by Crippen LogP contribution is -2.46. The van der Waals surface area contributed by atoms with Gasteiger partial charge in [-0.1, -0.05) is 30.3 Å². The first-order valence-corrected chi connectivity index (χ1v) is 8.97. The summed E-state index contributed by atoms with van der Waals surface area (Å²) in [7, 11) is 2.28. The highest BCUT2D eigenvalue weighted by atomic mass is 16.6. The molecule has 0 radical (unpaired) electrons. The molecule has 0 saturated carbocycles. The van der Waals surface area contributed by atoms with E-state index >= 15 is 0 Å². The van der Waals surface area contributed by atoms with Crippen LogP contribution in [0.4, 0.5) is 11.4 Å². The summed E-state index contributed by atoms with van der Waals surface area (Å²) in [6.07, 6.45) is 1.19. The standard InChI is InChI=1S/C21H17N3O7/c1-30-20(26)16-12-17(19(25)13-6-4-3-5-7-13)22-23(18(16)21(27)31-2)14-8-10-15(11-9-14)24(28)29/h3-12,18H,1-2H3. The molecule has 0 spiro atoms. The van der Waals surface area contributed by atoms with Crippen molar-refractivity contribution in [2.24, 2.45) is 5.10 Å². The number of carbonyl (C=O) groups is 3. The van der Waals surface area contributed by atoms with Crippen LogP contribution in [0.2, 0.25) is 0 Å². The Kier molecular flexibility index (Phi) is 6.20. The second-order valence-electron chi connectivity index (χ2n) is 6.32. The number of anilines is 1. The Balaban J connectivity index is 2.15. The molecule has 158 valence electrons. The van der Waals surface area contributed by atoms with Crippen molar-refractivity contribution in [1.82, 2.24) is 0 Å². The number of ketones is 1. The molecule has 0 bridgehead atoms. The van der Waals surface area contributed by atoms with Gasteiger partial charge in [-0.3, -0.25) is 14.9 Å². The molecule has 10 nitrogen and oxygen atoms in total. The molecule has 1 heterocycles. The van der Waals surface area contributed by atoms with Gasteiger partial charge in [-0.25, -0.2) is 14.6 Å². The van der Waals surface area contributed by atoms with Gasteiger partial charge in [0.15, 0.2) is 6.04 Å². The third-order valence-corrected chi connectivity index (χ3v) is 4.49. The van der Waals surface area contributed by atoms with Crippen molar-refractivity contribution in [3.05, 3.63) is 81.9 Å². The molecule has 0 saturated heterocycles. The highest BCUT2D eigenvalue weighted by molar-refractivity contribution is 6.50. The first-order chi connectivity index (χ1) is 14.9. The van der Waals surface area contributed by atoms with E-state index in [2.05, 4.69) is 5.10 Å². The summed E-state index contributed by atoms with van der Waals surface area (Å²) in [4.78, 5) is 48.3. The molecule has 0 fully saturated rings. The Bertz CT molecular complexity index is 1090. The number of carbonyl (C=O) groups excluding carboxylic acids is 3. The second kappa shape index (κ2) is 8.99. The summed E-state index contributed by atoms with van der Waals surface area (Å²) >= 11 is 0. The summed E-state index contributed by atoms with van der Waals surface area (Å²) in [5.41, 5.74) is 0.0894. The zero-order valence-corrected chi connectivity index (χ0v) is 16.6. The van der Waals surface area contributed by atoms with Gasteiger partial charge in [0.05, 0.1) is 30.4 Å². The molecule has 1 aliphatic heterocycles. The normalized spacial score (nSPS) is 15.4. The molecule has 0 aliphatic carbocycles. The average Bonchev–Trinajstić information content (AvgIpc) is 2.82. The van der Waals surface area contributed by atoms with Crippen molar-refractivity contribution in [2.75, 3.05) is 19.2 Å². The second-order valence-corrected chi connectivity index (χ2v) is 6.32. The number of nitrogens with zero attached hydrogens (tertiary/aromatic N) is 3. The number of methoxy groups -OCH3 is 2. The summed E-state index contributed by atoms with van der Waals surface area (Å²) < 4.78 is 9.60. The number of ether oxygens (including phenoxy) is 2. The van der Waals surface area contributed by atoms with Crippen LogP contribution < -0.4 is 5.01 Å². The molecule has 3 rings (SSSR count). The van der Waals surface area contributed by atoms with Crippen LogP contribution in [0, 0.1) is 10.1 Å². The molecule has 2 aromatic rings. The van der Waals surface area contributed by atoms with E-state index in [0.717, 1.165) is 19.2 Å². The number of allylic oxidation sites excluding steroid dienone is 1. The van der Waals surface area contributed by atoms with Crippen LogP contribution in [-0.2, 0) is 19.1 Å². The van der Waals surface area contributed by atoms with Gasteiger partial charge in [0.2, 0.25) is 5.78 Å². The zero-order valence-electron chi connectivity index (χ0n) is 16.6. The van der Waals surface area contributed by atoms with E-state index in [1.165, 1.54) is 30.3 Å². The number of Topliss-reactive ketones (excluding diaryl/α,β-unsaturated/α-hetero) is 1. The van der Waals surface area contributed by atoms with Gasteiger partial charge in [0, 0.05) is 17.7 Å². The number of nitro benzene ring substituents is 1. The maximum absolute atomic E-state index is 13.0. The van der Waals surface area contributed by atoms with Crippen molar-refractivity contribution >= 4 is 34.8 Å². The van der Waals surface area contributed by atoms with Crippen LogP contribution >= 0.6 is 0 Å². The summed E-state index contributed by atoms with van der Waals surface area (Å²) in [6, 6.07) is 12.0. The Morgan fingerprint density at radius 1 is 1.00 bits per heavy atom. The fourth-order valence-electron chi connectivity index (χ4n) is 2.97. The number of benzene rings is 2. The number of nitro groups is 1. The minimum atomic E-state index is -1.36. The van der Waals surface area contributed by atoms with Gasteiger partial charge >= 0.3 is 11.9 Å². The zero-order chi connectivity index (χ0) is 22.5. The Hall–Kier alpha value is -4.34. The van der Waals surface area contributed by atoms with Crippen LogP contribution in [-0.4, -0.2) is 48.6 Å². The number of rotatable bonds is 6. The Morgan fingerprint density at radius 2 is 1.65 bits per heavy atom. The average molecular weight is 423 g/mol. The number of hydrazone groups is 1. The third-order valence-electron chi connectivity index (χ3n) is 4.49. The number of esters is 2. The first-order valence-electron chi connectivity index (χ1n) is 8.97. The van der Waals surface area contributed by atoms with E-state index in [4.69, 9.17) is 9.47 Å². The van der Waals surface area contributed by atoms with Gasteiger partial charge in [-0.2, -0.15) is 5.10 Å². The first kappa shape index (κ1) is 21.4. The summed E-state index contributed by atoms with van der Waals surface area (Å²) in [5, 5.41) is 16.3. The predicted molar refractivity (Wildman–Crippen MR) is 110 cm³/mol. The number of hydrogen-bond donors (Lipinski definition) is 0. The van der Waals surface area contributed by atoms with Gasteiger partial charge in [0.25, 0.3) is 5.69 Å². The molecular weight excluding hydrogens is 406 g/mol. The minimum Gasteiger partial charge on any atom is -0.467 e. The van der Waals surface area contributed by atoms with E-state index < -0.39 is 28.7 Å². The molecule has 1 aliphatic rings. The molecule has 31 heavy (non-hydrogen) atoms. The van der Waals surface area contributed by atoms with E-state index in [1.807, 2.05) is 0 Å². The van der Waals surface area contributed by atoms with Crippen molar-refractivity contribution in [3.63, 3.8) is 0 Å². The number of hydrogen-bond acceptors (Lipinski definition) is 9. The van der Waals surface area contributed by atoms with Gasteiger partial charge in [0.1, 0.15) is 5.71 Å². The van der Waals surface area contributed by atoms with Crippen molar-refractivity contribution in [1.29, 1.82) is 0 Å². The van der Waals surface area contributed by atoms with Crippen molar-refractivity contribution in [2.45, 2.75) is 6.04 Å². The van der Waals surface area contributed by atoms with Crippen molar-refractivity contribution < 1.29 is 28.8 Å². The minimum absolute atomic E-state index is 0.120. The SMILES string of the molecule is COC(=O)C1=CC(C(=O)c2ccccc2)=NN(c2ccc([N+](=O)[O-])cc2)C1C(=O)OC. The van der Waals surface area contributed by atoms with E-state index in [-0.39, 0.29) is 22.7 Å².